The fourth-order valence-corrected chi connectivity index (χ4v) is 4.12. The first-order valence-electron chi connectivity index (χ1n) is 10.2. The van der Waals surface area contributed by atoms with Gasteiger partial charge < -0.3 is 10.1 Å². The topological polar surface area (TPSA) is 58.6 Å². The van der Waals surface area contributed by atoms with Crippen molar-refractivity contribution in [3.8, 4) is 5.75 Å². The Labute approximate surface area is 192 Å². The summed E-state index contributed by atoms with van der Waals surface area (Å²) in [5.41, 5.74) is 5.09. The average Bonchev–Trinajstić information content (AvgIpc) is 2.99. The highest BCUT2D eigenvalue weighted by Crippen LogP contribution is 2.39. The molecule has 0 radical (unpaired) electrons. The van der Waals surface area contributed by atoms with Crippen molar-refractivity contribution in [2.75, 3.05) is 17.3 Å². The van der Waals surface area contributed by atoms with Gasteiger partial charge in [-0.2, -0.15) is 0 Å². The fraction of sp³-hybridized carbons (Fsp3) is 0.154. The molecule has 0 spiro atoms. The van der Waals surface area contributed by atoms with Gasteiger partial charge in [-0.1, -0.05) is 53.6 Å². The minimum absolute atomic E-state index is 0.186. The molecule has 2 amide bonds. The van der Waals surface area contributed by atoms with Crippen molar-refractivity contribution < 1.29 is 14.3 Å². The predicted molar refractivity (Wildman–Crippen MR) is 128 cm³/mol. The maximum Gasteiger partial charge on any atom is 0.282 e. The number of carbonyl (C=O) groups excluding carboxylic acids is 2. The molecule has 6 heteroatoms. The second-order valence-corrected chi connectivity index (χ2v) is 8.20. The van der Waals surface area contributed by atoms with E-state index < -0.39 is 11.8 Å². The molecule has 0 saturated carbocycles. The summed E-state index contributed by atoms with van der Waals surface area (Å²) in [5, 5.41) is 3.51. The molecule has 0 unspecified atom stereocenters. The van der Waals surface area contributed by atoms with E-state index in [-0.39, 0.29) is 5.70 Å². The number of benzene rings is 3. The van der Waals surface area contributed by atoms with Crippen LogP contribution in [0.2, 0.25) is 5.02 Å². The van der Waals surface area contributed by atoms with E-state index >= 15 is 0 Å². The van der Waals surface area contributed by atoms with Crippen LogP contribution < -0.4 is 15.0 Å². The van der Waals surface area contributed by atoms with Crippen LogP contribution in [0, 0.1) is 20.8 Å². The zero-order valence-corrected chi connectivity index (χ0v) is 19.1. The number of methoxy groups -OCH3 is 1. The number of nitrogens with one attached hydrogen (secondary N) is 1. The Morgan fingerprint density at radius 2 is 1.56 bits per heavy atom. The van der Waals surface area contributed by atoms with Crippen molar-refractivity contribution in [3.05, 3.63) is 93.6 Å². The van der Waals surface area contributed by atoms with Gasteiger partial charge in [-0.15, -0.1) is 0 Å². The van der Waals surface area contributed by atoms with Crippen LogP contribution in [0.5, 0.6) is 5.75 Å². The number of aryl methyl sites for hydroxylation is 3. The maximum absolute atomic E-state index is 13.6. The van der Waals surface area contributed by atoms with Gasteiger partial charge in [0.1, 0.15) is 11.4 Å². The number of hydrogen-bond acceptors (Lipinski definition) is 4. The van der Waals surface area contributed by atoms with E-state index in [2.05, 4.69) is 5.32 Å². The van der Waals surface area contributed by atoms with Crippen LogP contribution >= 0.6 is 11.6 Å². The molecule has 4 rings (SSSR count). The summed E-state index contributed by atoms with van der Waals surface area (Å²) >= 11 is 6.35. The average molecular weight is 447 g/mol. The number of halogens is 1. The first-order chi connectivity index (χ1) is 15.3. The molecular weight excluding hydrogens is 424 g/mol. The molecule has 162 valence electrons. The minimum atomic E-state index is -0.471. The molecule has 0 atom stereocenters. The van der Waals surface area contributed by atoms with Gasteiger partial charge in [0.2, 0.25) is 0 Å². The van der Waals surface area contributed by atoms with Crippen LogP contribution in [0.3, 0.4) is 0 Å². The summed E-state index contributed by atoms with van der Waals surface area (Å²) in [6, 6.07) is 18.2. The second kappa shape index (κ2) is 8.52. The van der Waals surface area contributed by atoms with Crippen LogP contribution in [0.25, 0.3) is 5.57 Å². The van der Waals surface area contributed by atoms with Crippen LogP contribution in [-0.4, -0.2) is 18.9 Å². The summed E-state index contributed by atoms with van der Waals surface area (Å²) in [7, 11) is 1.56. The summed E-state index contributed by atoms with van der Waals surface area (Å²) in [6.45, 7) is 5.86. The van der Waals surface area contributed by atoms with Gasteiger partial charge in [-0.3, -0.25) is 9.59 Å². The van der Waals surface area contributed by atoms with Crippen LogP contribution in [-0.2, 0) is 9.59 Å². The molecule has 0 saturated heterocycles. The van der Waals surface area contributed by atoms with E-state index in [0.717, 1.165) is 21.6 Å². The first-order valence-corrected chi connectivity index (χ1v) is 10.6. The van der Waals surface area contributed by atoms with Crippen molar-refractivity contribution in [1.82, 2.24) is 0 Å². The fourth-order valence-electron chi connectivity index (χ4n) is 3.90. The zero-order chi connectivity index (χ0) is 23.0. The molecule has 1 aliphatic heterocycles. The van der Waals surface area contributed by atoms with Crippen molar-refractivity contribution >= 4 is 40.4 Å². The number of anilines is 2. The number of nitrogens with zero attached hydrogens (tertiary/aromatic N) is 1. The Bertz CT molecular complexity index is 1280. The molecule has 1 heterocycles. The van der Waals surface area contributed by atoms with Crippen molar-refractivity contribution in [1.29, 1.82) is 0 Å². The molecule has 0 fully saturated rings. The quantitative estimate of drug-likeness (QED) is 0.513. The standard InChI is InChI=1S/C26H23ClN2O3/c1-15-9-11-18(17(3)13-15)23-24(28-20-14-16(2)10-12-22(20)32-4)26(31)29(25(23)30)21-8-6-5-7-19(21)27/h5-14,28H,1-4H3. The Hall–Kier alpha value is -3.57. The smallest absolute Gasteiger partial charge is 0.282 e. The molecule has 0 bridgehead atoms. The lowest BCUT2D eigenvalue weighted by molar-refractivity contribution is -0.120. The number of carbonyl (C=O) groups is 2. The predicted octanol–water partition coefficient (Wildman–Crippen LogP) is 5.67. The Balaban J connectivity index is 1.91. The number of hydrogen-bond donors (Lipinski definition) is 1. The number of ether oxygens (including phenoxy) is 1. The van der Waals surface area contributed by atoms with E-state index in [4.69, 9.17) is 16.3 Å². The second-order valence-electron chi connectivity index (χ2n) is 7.79. The lowest BCUT2D eigenvalue weighted by Gasteiger charge is -2.17. The third kappa shape index (κ3) is 3.76. The van der Waals surface area contributed by atoms with Crippen molar-refractivity contribution in [2.45, 2.75) is 20.8 Å². The van der Waals surface area contributed by atoms with Gasteiger partial charge >= 0.3 is 0 Å². The van der Waals surface area contributed by atoms with Gasteiger partial charge in [0.25, 0.3) is 11.8 Å². The number of rotatable bonds is 5. The summed E-state index contributed by atoms with van der Waals surface area (Å²) in [6.07, 6.45) is 0. The first kappa shape index (κ1) is 21.7. The summed E-state index contributed by atoms with van der Waals surface area (Å²) < 4.78 is 5.47. The highest BCUT2D eigenvalue weighted by atomic mass is 35.5. The van der Waals surface area contributed by atoms with Gasteiger partial charge in [-0.05, 0) is 61.7 Å². The minimum Gasteiger partial charge on any atom is -0.495 e. The molecule has 0 aromatic heterocycles. The molecule has 1 N–H and O–H groups in total. The summed E-state index contributed by atoms with van der Waals surface area (Å²) in [5.74, 6) is -0.328. The normalized spacial score (nSPS) is 13.7. The van der Waals surface area contributed by atoms with E-state index in [1.807, 2.05) is 57.2 Å². The third-order valence-corrected chi connectivity index (χ3v) is 5.76. The molecule has 1 aliphatic rings. The van der Waals surface area contributed by atoms with Gasteiger partial charge in [0.15, 0.2) is 0 Å². The molecular formula is C26H23ClN2O3. The Morgan fingerprint density at radius 3 is 2.25 bits per heavy atom. The monoisotopic (exact) mass is 446 g/mol. The van der Waals surface area contributed by atoms with E-state index in [1.54, 1.807) is 31.4 Å². The molecule has 3 aromatic rings. The van der Waals surface area contributed by atoms with Crippen LogP contribution in [0.15, 0.2) is 66.4 Å². The summed E-state index contributed by atoms with van der Waals surface area (Å²) in [4.78, 5) is 28.4. The van der Waals surface area contributed by atoms with Crippen molar-refractivity contribution in [3.63, 3.8) is 0 Å². The highest BCUT2D eigenvalue weighted by molar-refractivity contribution is 6.48. The Kier molecular flexibility index (Phi) is 5.76. The molecule has 32 heavy (non-hydrogen) atoms. The molecule has 3 aromatic carbocycles. The van der Waals surface area contributed by atoms with Crippen molar-refractivity contribution in [2.24, 2.45) is 0 Å². The number of para-hydroxylation sites is 1. The molecule has 5 nitrogen and oxygen atoms in total. The van der Waals surface area contributed by atoms with E-state index in [9.17, 15) is 9.59 Å². The lowest BCUT2D eigenvalue weighted by atomic mass is 9.97. The van der Waals surface area contributed by atoms with Gasteiger partial charge in [0.05, 0.1) is 29.1 Å². The van der Waals surface area contributed by atoms with Crippen LogP contribution in [0.1, 0.15) is 22.3 Å². The van der Waals surface area contributed by atoms with Gasteiger partial charge in [-0.25, -0.2) is 4.90 Å². The maximum atomic E-state index is 13.6. The van der Waals surface area contributed by atoms with Gasteiger partial charge in [0, 0.05) is 0 Å². The van der Waals surface area contributed by atoms with E-state index in [1.165, 1.54) is 0 Å². The SMILES string of the molecule is COc1ccc(C)cc1NC1=C(c2ccc(C)cc2C)C(=O)N(c2ccccc2Cl)C1=O. The lowest BCUT2D eigenvalue weighted by Crippen LogP contribution is -2.32. The Morgan fingerprint density at radius 1 is 0.875 bits per heavy atom. The van der Waals surface area contributed by atoms with Crippen LogP contribution in [0.4, 0.5) is 11.4 Å². The zero-order valence-electron chi connectivity index (χ0n) is 18.3. The number of imide groups is 1. The number of amides is 2. The molecule has 0 aliphatic carbocycles. The van der Waals surface area contributed by atoms with E-state index in [0.29, 0.717) is 33.3 Å². The largest absolute Gasteiger partial charge is 0.495 e. The third-order valence-electron chi connectivity index (χ3n) is 5.44. The highest BCUT2D eigenvalue weighted by Gasteiger charge is 2.41.